The lowest BCUT2D eigenvalue weighted by Crippen LogP contribution is -2.31. The minimum atomic E-state index is -0.457. The molecule has 1 aliphatic carbocycles. The number of methoxy groups -OCH3 is 2. The van der Waals surface area contributed by atoms with Gasteiger partial charge in [-0.1, -0.05) is 17.7 Å². The Bertz CT molecular complexity index is 1170. The van der Waals surface area contributed by atoms with Crippen LogP contribution in [0.3, 0.4) is 0 Å². The number of aliphatic hydroxyl groups is 1. The zero-order valence-electron chi connectivity index (χ0n) is 17.5. The minimum Gasteiger partial charge on any atom is -0.495 e. The number of nitrogens with zero attached hydrogens (tertiary/aromatic N) is 2. The Labute approximate surface area is 184 Å². The van der Waals surface area contributed by atoms with E-state index in [9.17, 15) is 14.7 Å². The summed E-state index contributed by atoms with van der Waals surface area (Å²) in [5.41, 5.74) is 2.50. The van der Waals surface area contributed by atoms with Crippen LogP contribution in [0.4, 0.5) is 0 Å². The second-order valence-electron chi connectivity index (χ2n) is 7.87. The van der Waals surface area contributed by atoms with E-state index in [1.54, 1.807) is 46.6 Å². The molecule has 0 spiro atoms. The molecule has 1 saturated carbocycles. The van der Waals surface area contributed by atoms with Crippen molar-refractivity contribution in [2.24, 2.45) is 0 Å². The van der Waals surface area contributed by atoms with Gasteiger partial charge in [0.25, 0.3) is 0 Å². The molecule has 3 aromatic rings. The van der Waals surface area contributed by atoms with Crippen LogP contribution >= 0.6 is 11.6 Å². The highest BCUT2D eigenvalue weighted by Crippen LogP contribution is 2.31. The Morgan fingerprint density at radius 1 is 1.10 bits per heavy atom. The predicted octanol–water partition coefficient (Wildman–Crippen LogP) is 3.78. The summed E-state index contributed by atoms with van der Waals surface area (Å²) >= 11 is 6.28. The third-order valence-corrected chi connectivity index (χ3v) is 6.27. The van der Waals surface area contributed by atoms with E-state index >= 15 is 0 Å². The van der Waals surface area contributed by atoms with Gasteiger partial charge >= 0.3 is 11.7 Å². The molecule has 0 amide bonds. The van der Waals surface area contributed by atoms with Crippen LogP contribution in [0.15, 0.2) is 41.2 Å². The first-order valence-electron chi connectivity index (χ1n) is 10.3. The molecule has 8 heteroatoms. The zero-order valence-corrected chi connectivity index (χ0v) is 18.3. The van der Waals surface area contributed by atoms with Crippen LogP contribution in [-0.4, -0.2) is 40.5 Å². The van der Waals surface area contributed by atoms with Crippen LogP contribution in [-0.2, 0) is 11.3 Å². The number of rotatable bonds is 5. The van der Waals surface area contributed by atoms with Gasteiger partial charge in [-0.2, -0.15) is 0 Å². The predicted molar refractivity (Wildman–Crippen MR) is 118 cm³/mol. The van der Waals surface area contributed by atoms with Gasteiger partial charge in [-0.25, -0.2) is 9.59 Å². The third kappa shape index (κ3) is 4.07. The van der Waals surface area contributed by atoms with Gasteiger partial charge in [0, 0.05) is 6.04 Å². The van der Waals surface area contributed by atoms with Gasteiger partial charge in [0.05, 0.1) is 48.5 Å². The molecule has 1 heterocycles. The lowest BCUT2D eigenvalue weighted by Gasteiger charge is -2.26. The maximum absolute atomic E-state index is 13.5. The molecule has 164 valence electrons. The van der Waals surface area contributed by atoms with E-state index in [1.807, 2.05) is 6.07 Å². The molecule has 1 N–H and O–H groups in total. The average Bonchev–Trinajstić information content (AvgIpc) is 3.04. The quantitative estimate of drug-likeness (QED) is 0.605. The number of imidazole rings is 1. The molecule has 0 bridgehead atoms. The lowest BCUT2D eigenvalue weighted by molar-refractivity contribution is 0.0601. The Hall–Kier alpha value is -2.77. The first-order chi connectivity index (χ1) is 14.9. The number of esters is 1. The summed E-state index contributed by atoms with van der Waals surface area (Å²) in [7, 11) is 2.88. The van der Waals surface area contributed by atoms with Crippen molar-refractivity contribution in [1.82, 2.24) is 9.13 Å². The molecule has 0 radical (unpaired) electrons. The first-order valence-corrected chi connectivity index (χ1v) is 10.6. The summed E-state index contributed by atoms with van der Waals surface area (Å²) in [5, 5.41) is 10.3. The van der Waals surface area contributed by atoms with Gasteiger partial charge in [-0.05, 0) is 61.6 Å². The molecule has 0 saturated heterocycles. The third-order valence-electron chi connectivity index (χ3n) is 5.97. The van der Waals surface area contributed by atoms with Crippen LogP contribution in [0.25, 0.3) is 11.0 Å². The Balaban J connectivity index is 1.84. The van der Waals surface area contributed by atoms with Crippen molar-refractivity contribution in [3.63, 3.8) is 0 Å². The topological polar surface area (TPSA) is 82.7 Å². The Morgan fingerprint density at radius 2 is 1.84 bits per heavy atom. The SMILES string of the molecule is COC(=O)c1ccc2c(c1)n(Cc1ccc(OC)c(Cl)c1)c(=O)n2C1CCC(O)CC1. The Kier molecular flexibility index (Phi) is 6.07. The fourth-order valence-electron chi connectivity index (χ4n) is 4.34. The van der Waals surface area contributed by atoms with Gasteiger partial charge in [0.1, 0.15) is 5.75 Å². The molecule has 0 atom stereocenters. The van der Waals surface area contributed by atoms with Gasteiger partial charge < -0.3 is 14.6 Å². The minimum absolute atomic E-state index is 0.00285. The van der Waals surface area contributed by atoms with Crippen molar-refractivity contribution < 1.29 is 19.4 Å². The van der Waals surface area contributed by atoms with E-state index < -0.39 is 5.97 Å². The van der Waals surface area contributed by atoms with E-state index in [-0.39, 0.29) is 17.8 Å². The van der Waals surface area contributed by atoms with E-state index in [4.69, 9.17) is 21.1 Å². The van der Waals surface area contributed by atoms with Crippen molar-refractivity contribution >= 4 is 28.6 Å². The molecule has 0 aliphatic heterocycles. The normalized spacial score (nSPS) is 18.8. The molecule has 1 aliphatic rings. The summed E-state index contributed by atoms with van der Waals surface area (Å²) in [4.78, 5) is 25.6. The van der Waals surface area contributed by atoms with E-state index in [1.165, 1.54) is 7.11 Å². The molecule has 31 heavy (non-hydrogen) atoms. The molecule has 4 rings (SSSR count). The smallest absolute Gasteiger partial charge is 0.337 e. The molecule has 1 aromatic heterocycles. The zero-order chi connectivity index (χ0) is 22.1. The molecular formula is C23H25ClN2O5. The number of carbonyl (C=O) groups excluding carboxylic acids is 1. The van der Waals surface area contributed by atoms with Crippen LogP contribution < -0.4 is 10.4 Å². The van der Waals surface area contributed by atoms with Crippen molar-refractivity contribution in [2.75, 3.05) is 14.2 Å². The van der Waals surface area contributed by atoms with Crippen molar-refractivity contribution in [2.45, 2.75) is 44.4 Å². The number of ether oxygens (including phenoxy) is 2. The standard InChI is InChI=1S/C23H25ClN2O5/c1-30-21-10-3-14(11-18(21)24)13-25-20-12-15(22(28)31-2)4-9-19(20)26(23(25)29)16-5-7-17(27)8-6-16/h3-4,9-12,16-17,27H,5-8,13H2,1-2H3. The van der Waals surface area contributed by atoms with Crippen LogP contribution in [0, 0.1) is 0 Å². The molecule has 0 unspecified atom stereocenters. The largest absolute Gasteiger partial charge is 0.495 e. The molecule has 1 fully saturated rings. The number of hydrogen-bond acceptors (Lipinski definition) is 5. The van der Waals surface area contributed by atoms with Gasteiger partial charge in [-0.3, -0.25) is 9.13 Å². The summed E-state index contributed by atoms with van der Waals surface area (Å²) in [6.45, 7) is 0.298. The summed E-state index contributed by atoms with van der Waals surface area (Å²) in [5.74, 6) is 0.107. The summed E-state index contributed by atoms with van der Waals surface area (Å²) in [6.07, 6.45) is 2.48. The van der Waals surface area contributed by atoms with Crippen molar-refractivity contribution in [3.8, 4) is 5.75 Å². The number of benzene rings is 2. The van der Waals surface area contributed by atoms with Crippen molar-refractivity contribution in [1.29, 1.82) is 0 Å². The van der Waals surface area contributed by atoms with E-state index in [2.05, 4.69) is 0 Å². The van der Waals surface area contributed by atoms with Crippen LogP contribution in [0.5, 0.6) is 5.75 Å². The molecular weight excluding hydrogens is 420 g/mol. The maximum atomic E-state index is 13.5. The first kappa shape index (κ1) is 21.5. The average molecular weight is 445 g/mol. The highest BCUT2D eigenvalue weighted by atomic mass is 35.5. The second kappa shape index (κ2) is 8.77. The lowest BCUT2D eigenvalue weighted by atomic mass is 9.93. The van der Waals surface area contributed by atoms with E-state index in [0.717, 1.165) is 23.9 Å². The molecule has 2 aromatic carbocycles. The van der Waals surface area contributed by atoms with E-state index in [0.29, 0.717) is 41.2 Å². The highest BCUT2D eigenvalue weighted by molar-refractivity contribution is 6.32. The number of halogens is 1. The summed E-state index contributed by atoms with van der Waals surface area (Å²) in [6, 6.07) is 10.6. The fraction of sp³-hybridized carbons (Fsp3) is 0.391. The maximum Gasteiger partial charge on any atom is 0.337 e. The Morgan fingerprint density at radius 3 is 2.48 bits per heavy atom. The molecule has 7 nitrogen and oxygen atoms in total. The number of aliphatic hydroxyl groups excluding tert-OH is 1. The van der Waals surface area contributed by atoms with Gasteiger partial charge in [-0.15, -0.1) is 0 Å². The van der Waals surface area contributed by atoms with Crippen LogP contribution in [0.2, 0.25) is 5.02 Å². The number of hydrogen-bond donors (Lipinski definition) is 1. The number of carbonyl (C=O) groups is 1. The monoisotopic (exact) mass is 444 g/mol. The van der Waals surface area contributed by atoms with Crippen LogP contribution in [0.1, 0.15) is 47.6 Å². The number of fused-ring (bicyclic) bond motifs is 1. The fourth-order valence-corrected chi connectivity index (χ4v) is 4.62. The second-order valence-corrected chi connectivity index (χ2v) is 8.27. The highest BCUT2D eigenvalue weighted by Gasteiger charge is 2.26. The summed E-state index contributed by atoms with van der Waals surface area (Å²) < 4.78 is 13.5. The number of aromatic nitrogens is 2. The van der Waals surface area contributed by atoms with Gasteiger partial charge in [0.2, 0.25) is 0 Å². The van der Waals surface area contributed by atoms with Gasteiger partial charge in [0.15, 0.2) is 0 Å². The van der Waals surface area contributed by atoms with Crippen molar-refractivity contribution in [3.05, 3.63) is 63.0 Å².